The zero-order chi connectivity index (χ0) is 9.31. The number of rotatable bonds is 1. The van der Waals surface area contributed by atoms with Crippen LogP contribution in [0.15, 0.2) is 12.3 Å². The van der Waals surface area contributed by atoms with Crippen LogP contribution in [0.4, 0.5) is 0 Å². The van der Waals surface area contributed by atoms with Gasteiger partial charge in [0.05, 0.1) is 25.2 Å². The van der Waals surface area contributed by atoms with E-state index in [1.807, 2.05) is 0 Å². The number of ether oxygens (including phenoxy) is 2. The third-order valence-electron chi connectivity index (χ3n) is 2.61. The van der Waals surface area contributed by atoms with Gasteiger partial charge in [-0.15, -0.1) is 0 Å². The van der Waals surface area contributed by atoms with Gasteiger partial charge in [-0.2, -0.15) is 0 Å². The molecular weight excluding hydrogens is 170 g/mol. The second kappa shape index (κ2) is 3.29. The number of hydrogen-bond acceptors (Lipinski definition) is 4. The van der Waals surface area contributed by atoms with Crippen molar-refractivity contribution in [1.29, 1.82) is 0 Å². The first-order valence-electron chi connectivity index (χ1n) is 4.50. The zero-order valence-corrected chi connectivity index (χ0v) is 7.58. The highest BCUT2D eigenvalue weighted by molar-refractivity contribution is 4.97. The fraction of sp³-hybridized carbons (Fsp3) is 0.778. The van der Waals surface area contributed by atoms with Crippen LogP contribution in [0.3, 0.4) is 0 Å². The molecule has 0 aliphatic carbocycles. The van der Waals surface area contributed by atoms with Crippen molar-refractivity contribution >= 4 is 0 Å². The molecule has 0 unspecified atom stereocenters. The Morgan fingerprint density at radius 3 is 2.77 bits per heavy atom. The lowest BCUT2D eigenvalue weighted by molar-refractivity contribution is -0.144. The molecule has 0 saturated carbocycles. The summed E-state index contributed by atoms with van der Waals surface area (Å²) in [4.78, 5) is 0. The highest BCUT2D eigenvalue weighted by atomic mass is 16.5. The number of aliphatic hydroxyl groups excluding tert-OH is 1. The molecule has 0 aromatic carbocycles. The lowest BCUT2D eigenvalue weighted by Gasteiger charge is -2.39. The standard InChI is InChI=1S/C9H15NO3/c1-7(11)8-2-10-3-9(6-13-8)4-12-5-9/h8,10-11H,1-6H2/t8-/m0/s1. The van der Waals surface area contributed by atoms with Crippen molar-refractivity contribution in [3.05, 3.63) is 12.3 Å². The molecule has 2 heterocycles. The van der Waals surface area contributed by atoms with E-state index in [0.717, 1.165) is 19.8 Å². The summed E-state index contributed by atoms with van der Waals surface area (Å²) in [7, 11) is 0. The molecule has 2 saturated heterocycles. The lowest BCUT2D eigenvalue weighted by Crippen LogP contribution is -2.51. The van der Waals surface area contributed by atoms with Crippen molar-refractivity contribution in [3.8, 4) is 0 Å². The molecule has 0 bridgehead atoms. The van der Waals surface area contributed by atoms with Crippen LogP contribution in [-0.4, -0.2) is 44.1 Å². The molecule has 2 N–H and O–H groups in total. The quantitative estimate of drug-likeness (QED) is 0.567. The van der Waals surface area contributed by atoms with Crippen LogP contribution < -0.4 is 5.32 Å². The maximum atomic E-state index is 9.17. The molecule has 2 fully saturated rings. The van der Waals surface area contributed by atoms with Crippen LogP contribution >= 0.6 is 0 Å². The van der Waals surface area contributed by atoms with Crippen molar-refractivity contribution in [3.63, 3.8) is 0 Å². The van der Waals surface area contributed by atoms with E-state index in [9.17, 15) is 5.11 Å². The highest BCUT2D eigenvalue weighted by Crippen LogP contribution is 2.29. The van der Waals surface area contributed by atoms with Gasteiger partial charge in [-0.1, -0.05) is 6.58 Å². The van der Waals surface area contributed by atoms with Gasteiger partial charge in [-0.05, 0) is 0 Å². The van der Waals surface area contributed by atoms with E-state index in [2.05, 4.69) is 11.9 Å². The maximum absolute atomic E-state index is 9.17. The molecule has 1 spiro atoms. The SMILES string of the molecule is C=C(O)[C@@H]1CNCC2(COC2)CO1. The van der Waals surface area contributed by atoms with Crippen LogP contribution in [-0.2, 0) is 9.47 Å². The molecule has 0 aromatic heterocycles. The van der Waals surface area contributed by atoms with E-state index in [0.29, 0.717) is 13.2 Å². The largest absolute Gasteiger partial charge is 0.510 e. The molecule has 13 heavy (non-hydrogen) atoms. The first-order chi connectivity index (χ1) is 6.22. The molecule has 4 heteroatoms. The Morgan fingerprint density at radius 2 is 2.23 bits per heavy atom. The van der Waals surface area contributed by atoms with E-state index in [1.165, 1.54) is 0 Å². The Bertz CT molecular complexity index is 213. The van der Waals surface area contributed by atoms with Gasteiger partial charge in [0.1, 0.15) is 11.9 Å². The van der Waals surface area contributed by atoms with Gasteiger partial charge in [-0.3, -0.25) is 0 Å². The fourth-order valence-electron chi connectivity index (χ4n) is 1.65. The van der Waals surface area contributed by atoms with Crippen LogP contribution in [0.5, 0.6) is 0 Å². The van der Waals surface area contributed by atoms with Crippen LogP contribution in [0.1, 0.15) is 0 Å². The molecule has 2 aliphatic rings. The zero-order valence-electron chi connectivity index (χ0n) is 7.58. The van der Waals surface area contributed by atoms with E-state index in [4.69, 9.17) is 9.47 Å². The average molecular weight is 185 g/mol. The summed E-state index contributed by atoms with van der Waals surface area (Å²) in [6.45, 7) is 7.16. The van der Waals surface area contributed by atoms with Crippen LogP contribution in [0, 0.1) is 5.41 Å². The molecule has 2 aliphatic heterocycles. The first kappa shape index (κ1) is 8.99. The van der Waals surface area contributed by atoms with Crippen LogP contribution in [0.25, 0.3) is 0 Å². The summed E-state index contributed by atoms with van der Waals surface area (Å²) in [6.07, 6.45) is -0.264. The monoisotopic (exact) mass is 185 g/mol. The average Bonchev–Trinajstić information content (AvgIpc) is 2.24. The minimum absolute atomic E-state index is 0.102. The predicted octanol–water partition coefficient (Wildman–Crippen LogP) is 0.0631. The van der Waals surface area contributed by atoms with Crippen LogP contribution in [0.2, 0.25) is 0 Å². The van der Waals surface area contributed by atoms with Crippen molar-refractivity contribution in [2.45, 2.75) is 6.10 Å². The molecule has 0 aromatic rings. The summed E-state index contributed by atoms with van der Waals surface area (Å²) < 4.78 is 10.7. The fourth-order valence-corrected chi connectivity index (χ4v) is 1.65. The normalized spacial score (nSPS) is 32.2. The van der Waals surface area contributed by atoms with Crippen molar-refractivity contribution < 1.29 is 14.6 Å². The molecule has 4 nitrogen and oxygen atoms in total. The predicted molar refractivity (Wildman–Crippen MR) is 47.6 cm³/mol. The molecule has 0 radical (unpaired) electrons. The van der Waals surface area contributed by atoms with Gasteiger partial charge in [0.15, 0.2) is 0 Å². The Balaban J connectivity index is 1.93. The van der Waals surface area contributed by atoms with Gasteiger partial charge < -0.3 is 19.9 Å². The second-order valence-electron chi connectivity index (χ2n) is 3.91. The minimum Gasteiger partial charge on any atom is -0.510 e. The number of aliphatic hydroxyl groups is 1. The van der Waals surface area contributed by atoms with Gasteiger partial charge >= 0.3 is 0 Å². The molecule has 2 rings (SSSR count). The summed E-state index contributed by atoms with van der Waals surface area (Å²) in [5, 5.41) is 12.4. The van der Waals surface area contributed by atoms with Crippen molar-refractivity contribution in [1.82, 2.24) is 5.32 Å². The molecule has 0 amide bonds. The molecule has 74 valence electrons. The minimum atomic E-state index is -0.264. The van der Waals surface area contributed by atoms with E-state index in [-0.39, 0.29) is 17.3 Å². The lowest BCUT2D eigenvalue weighted by atomic mass is 9.87. The number of nitrogens with one attached hydrogen (secondary N) is 1. The van der Waals surface area contributed by atoms with Gasteiger partial charge in [0.2, 0.25) is 0 Å². The Hall–Kier alpha value is -0.580. The van der Waals surface area contributed by atoms with Gasteiger partial charge in [0.25, 0.3) is 0 Å². The van der Waals surface area contributed by atoms with Gasteiger partial charge in [0, 0.05) is 13.1 Å². The van der Waals surface area contributed by atoms with Crippen molar-refractivity contribution in [2.24, 2.45) is 5.41 Å². The van der Waals surface area contributed by atoms with E-state index < -0.39 is 0 Å². The van der Waals surface area contributed by atoms with E-state index in [1.54, 1.807) is 0 Å². The maximum Gasteiger partial charge on any atom is 0.126 e. The smallest absolute Gasteiger partial charge is 0.126 e. The summed E-state index contributed by atoms with van der Waals surface area (Å²) >= 11 is 0. The second-order valence-corrected chi connectivity index (χ2v) is 3.91. The number of hydrogen-bond donors (Lipinski definition) is 2. The first-order valence-corrected chi connectivity index (χ1v) is 4.50. The summed E-state index contributed by atoms with van der Waals surface area (Å²) in [5.41, 5.74) is 0.143. The molecular formula is C9H15NO3. The Kier molecular flexibility index (Phi) is 2.27. The Morgan fingerprint density at radius 1 is 1.46 bits per heavy atom. The third kappa shape index (κ3) is 1.70. The topological polar surface area (TPSA) is 50.7 Å². The third-order valence-corrected chi connectivity index (χ3v) is 2.61. The molecule has 1 atom stereocenters. The summed E-state index contributed by atoms with van der Waals surface area (Å²) in [5.74, 6) is 0.102. The van der Waals surface area contributed by atoms with E-state index >= 15 is 0 Å². The van der Waals surface area contributed by atoms with Crippen molar-refractivity contribution in [2.75, 3.05) is 32.9 Å². The highest BCUT2D eigenvalue weighted by Gasteiger charge is 2.41. The summed E-state index contributed by atoms with van der Waals surface area (Å²) in [6, 6.07) is 0. The Labute approximate surface area is 77.5 Å². The van der Waals surface area contributed by atoms with Gasteiger partial charge in [-0.25, -0.2) is 0 Å².